The highest BCUT2D eigenvalue weighted by Crippen LogP contribution is 2.23. The van der Waals surface area contributed by atoms with Crippen LogP contribution in [0.15, 0.2) is 54.6 Å². The highest BCUT2D eigenvalue weighted by atomic mass is 35.5. The van der Waals surface area contributed by atoms with Crippen molar-refractivity contribution < 1.29 is 9.59 Å². The van der Waals surface area contributed by atoms with Gasteiger partial charge in [0.1, 0.15) is 0 Å². The number of benzene rings is 2. The zero-order chi connectivity index (χ0) is 22.2. The van der Waals surface area contributed by atoms with Crippen molar-refractivity contribution in [2.24, 2.45) is 5.92 Å². The standard InChI is InChI=1S/C25H34N4O2.ClH/c1-20(2)10-9-15-26-24(30)18-28(23-13-5-4-6-14-23)19-25(31)27(3)29-16-21-11-7-8-12-22(21)17-29;/h4-8,11-14,20H,9-10,15-19H2,1-3H3,(H,26,30);1H. The van der Waals surface area contributed by atoms with E-state index in [0.29, 0.717) is 12.5 Å². The van der Waals surface area contributed by atoms with Crippen LogP contribution in [0, 0.1) is 5.92 Å². The number of anilines is 1. The van der Waals surface area contributed by atoms with E-state index in [-0.39, 0.29) is 37.3 Å². The minimum Gasteiger partial charge on any atom is -0.355 e. The Morgan fingerprint density at radius 1 is 0.969 bits per heavy atom. The SMILES string of the molecule is CC(C)CCCNC(=O)CN(CC(=O)N(C)N1Cc2ccccc2C1)c1ccccc1.Cl. The van der Waals surface area contributed by atoms with E-state index in [9.17, 15) is 9.59 Å². The summed E-state index contributed by atoms with van der Waals surface area (Å²) >= 11 is 0. The number of carbonyl (C=O) groups is 2. The average Bonchev–Trinajstić information content (AvgIpc) is 3.20. The number of hydrazine groups is 1. The van der Waals surface area contributed by atoms with Gasteiger partial charge in [-0.25, -0.2) is 5.01 Å². The van der Waals surface area contributed by atoms with Crippen LogP contribution in [0.1, 0.15) is 37.8 Å². The molecule has 32 heavy (non-hydrogen) atoms. The number of nitrogens with zero attached hydrogens (tertiary/aromatic N) is 3. The minimum atomic E-state index is -0.0587. The first-order valence-corrected chi connectivity index (χ1v) is 11.1. The summed E-state index contributed by atoms with van der Waals surface area (Å²) in [4.78, 5) is 27.5. The van der Waals surface area contributed by atoms with E-state index in [4.69, 9.17) is 0 Å². The second-order valence-electron chi connectivity index (χ2n) is 8.59. The molecule has 0 spiro atoms. The molecule has 0 bridgehead atoms. The van der Waals surface area contributed by atoms with Crippen molar-refractivity contribution in [1.82, 2.24) is 15.3 Å². The predicted molar refractivity (Wildman–Crippen MR) is 131 cm³/mol. The zero-order valence-electron chi connectivity index (χ0n) is 19.3. The molecule has 0 aromatic heterocycles. The second kappa shape index (κ2) is 12.5. The van der Waals surface area contributed by atoms with Crippen LogP contribution in [0.2, 0.25) is 0 Å². The Morgan fingerprint density at radius 2 is 1.56 bits per heavy atom. The molecular formula is C25H35ClN4O2. The molecule has 0 radical (unpaired) electrons. The number of hydrogen-bond acceptors (Lipinski definition) is 4. The van der Waals surface area contributed by atoms with Gasteiger partial charge >= 0.3 is 0 Å². The summed E-state index contributed by atoms with van der Waals surface area (Å²) in [5.41, 5.74) is 3.37. The van der Waals surface area contributed by atoms with Crippen molar-refractivity contribution in [3.05, 3.63) is 65.7 Å². The van der Waals surface area contributed by atoms with E-state index in [1.807, 2.05) is 59.4 Å². The van der Waals surface area contributed by atoms with Gasteiger partial charge in [-0.2, -0.15) is 0 Å². The lowest BCUT2D eigenvalue weighted by Crippen LogP contribution is -2.48. The second-order valence-corrected chi connectivity index (χ2v) is 8.59. The molecule has 1 aliphatic rings. The molecule has 2 amide bonds. The van der Waals surface area contributed by atoms with Crippen molar-refractivity contribution in [2.45, 2.75) is 39.8 Å². The maximum absolute atomic E-state index is 13.1. The quantitative estimate of drug-likeness (QED) is 0.549. The Kier molecular flexibility index (Phi) is 10.0. The number of rotatable bonds is 10. The first kappa shape index (κ1) is 25.7. The fourth-order valence-corrected chi connectivity index (χ4v) is 3.80. The Labute approximate surface area is 198 Å². The smallest absolute Gasteiger partial charge is 0.256 e. The molecule has 0 saturated heterocycles. The topological polar surface area (TPSA) is 55.9 Å². The fourth-order valence-electron chi connectivity index (χ4n) is 3.80. The van der Waals surface area contributed by atoms with Crippen molar-refractivity contribution >= 4 is 29.9 Å². The molecule has 1 N–H and O–H groups in total. The molecule has 1 aliphatic heterocycles. The van der Waals surface area contributed by atoms with Gasteiger partial charge in [0.05, 0.1) is 13.1 Å². The molecule has 0 atom stereocenters. The van der Waals surface area contributed by atoms with E-state index >= 15 is 0 Å². The van der Waals surface area contributed by atoms with Crippen LogP contribution in [0.4, 0.5) is 5.69 Å². The number of para-hydroxylation sites is 1. The molecule has 0 saturated carbocycles. The maximum Gasteiger partial charge on any atom is 0.256 e. The van der Waals surface area contributed by atoms with Crippen molar-refractivity contribution in [2.75, 3.05) is 31.6 Å². The highest BCUT2D eigenvalue weighted by Gasteiger charge is 2.26. The van der Waals surface area contributed by atoms with Crippen LogP contribution >= 0.6 is 12.4 Å². The lowest BCUT2D eigenvalue weighted by molar-refractivity contribution is -0.145. The third kappa shape index (κ3) is 7.24. The average molecular weight is 459 g/mol. The summed E-state index contributed by atoms with van der Waals surface area (Å²) in [6.07, 6.45) is 2.05. The van der Waals surface area contributed by atoms with Crippen molar-refractivity contribution in [3.63, 3.8) is 0 Å². The molecule has 7 heteroatoms. The van der Waals surface area contributed by atoms with Crippen LogP contribution in [0.5, 0.6) is 0 Å². The molecule has 0 fully saturated rings. The third-order valence-electron chi connectivity index (χ3n) is 5.67. The molecule has 174 valence electrons. The molecular weight excluding hydrogens is 424 g/mol. The summed E-state index contributed by atoms with van der Waals surface area (Å²) in [5.74, 6) is 0.531. The van der Waals surface area contributed by atoms with E-state index in [2.05, 4.69) is 31.3 Å². The molecule has 1 heterocycles. The molecule has 2 aromatic carbocycles. The molecule has 6 nitrogen and oxygen atoms in total. The van der Waals surface area contributed by atoms with E-state index in [0.717, 1.165) is 31.6 Å². The normalized spacial score (nSPS) is 12.8. The Morgan fingerprint density at radius 3 is 2.16 bits per heavy atom. The van der Waals surface area contributed by atoms with E-state index < -0.39 is 0 Å². The Balaban J connectivity index is 0.00000363. The number of hydrogen-bond donors (Lipinski definition) is 1. The van der Waals surface area contributed by atoms with Gasteiger partial charge in [-0.15, -0.1) is 12.4 Å². The van der Waals surface area contributed by atoms with Crippen LogP contribution < -0.4 is 10.2 Å². The van der Waals surface area contributed by atoms with Crippen LogP contribution in [-0.2, 0) is 22.7 Å². The largest absolute Gasteiger partial charge is 0.355 e. The van der Waals surface area contributed by atoms with Gasteiger partial charge in [0.2, 0.25) is 5.91 Å². The number of carbonyl (C=O) groups excluding carboxylic acids is 2. The van der Waals surface area contributed by atoms with Crippen LogP contribution in [0.3, 0.4) is 0 Å². The fraction of sp³-hybridized carbons (Fsp3) is 0.440. The Hall–Kier alpha value is -2.57. The molecule has 0 aliphatic carbocycles. The van der Waals surface area contributed by atoms with Crippen molar-refractivity contribution in [1.29, 1.82) is 0 Å². The minimum absolute atomic E-state index is 0. The monoisotopic (exact) mass is 458 g/mol. The predicted octanol–water partition coefficient (Wildman–Crippen LogP) is 3.86. The molecule has 3 rings (SSSR count). The lowest BCUT2D eigenvalue weighted by Gasteiger charge is -2.31. The van der Waals surface area contributed by atoms with Gasteiger partial charge in [0.25, 0.3) is 5.91 Å². The zero-order valence-corrected chi connectivity index (χ0v) is 20.1. The number of fused-ring (bicyclic) bond motifs is 1. The van der Waals surface area contributed by atoms with E-state index in [1.54, 1.807) is 5.01 Å². The van der Waals surface area contributed by atoms with Gasteiger partial charge in [-0.1, -0.05) is 56.3 Å². The van der Waals surface area contributed by atoms with Gasteiger partial charge in [0, 0.05) is 32.4 Å². The highest BCUT2D eigenvalue weighted by molar-refractivity contribution is 5.86. The first-order chi connectivity index (χ1) is 14.9. The van der Waals surface area contributed by atoms with E-state index in [1.165, 1.54) is 11.1 Å². The van der Waals surface area contributed by atoms with Gasteiger partial charge in [-0.3, -0.25) is 14.6 Å². The van der Waals surface area contributed by atoms with Gasteiger partial charge < -0.3 is 10.2 Å². The lowest BCUT2D eigenvalue weighted by atomic mass is 10.1. The summed E-state index contributed by atoms with van der Waals surface area (Å²) in [6.45, 7) is 6.78. The number of amides is 2. The van der Waals surface area contributed by atoms with Crippen molar-refractivity contribution in [3.8, 4) is 0 Å². The summed E-state index contributed by atoms with van der Waals surface area (Å²) in [7, 11) is 1.81. The maximum atomic E-state index is 13.1. The van der Waals surface area contributed by atoms with Gasteiger partial charge in [0.15, 0.2) is 0 Å². The summed E-state index contributed by atoms with van der Waals surface area (Å²) in [5, 5.41) is 6.73. The number of likely N-dealkylation sites (N-methyl/N-ethyl adjacent to an activating group) is 1. The summed E-state index contributed by atoms with van der Waals surface area (Å²) in [6, 6.07) is 17.9. The third-order valence-corrected chi connectivity index (χ3v) is 5.67. The number of nitrogens with one attached hydrogen (secondary N) is 1. The molecule has 2 aromatic rings. The summed E-state index contributed by atoms with van der Waals surface area (Å²) < 4.78 is 0. The number of halogens is 1. The van der Waals surface area contributed by atoms with Gasteiger partial charge in [-0.05, 0) is 42.0 Å². The van der Waals surface area contributed by atoms with Crippen LogP contribution in [-0.4, -0.2) is 48.5 Å². The van der Waals surface area contributed by atoms with Crippen LogP contribution in [0.25, 0.3) is 0 Å². The first-order valence-electron chi connectivity index (χ1n) is 11.1. The Bertz CT molecular complexity index is 850. The molecule has 0 unspecified atom stereocenters.